The van der Waals surface area contributed by atoms with Gasteiger partial charge in [-0.2, -0.15) is 0 Å². The van der Waals surface area contributed by atoms with Crippen molar-refractivity contribution in [3.05, 3.63) is 24.3 Å². The van der Waals surface area contributed by atoms with E-state index in [1.54, 1.807) is 12.1 Å². The first-order valence-corrected chi connectivity index (χ1v) is 8.83. The van der Waals surface area contributed by atoms with Crippen LogP contribution >= 0.6 is 0 Å². The molecule has 0 heterocycles. The van der Waals surface area contributed by atoms with Gasteiger partial charge in [-0.3, -0.25) is 0 Å². The maximum Gasteiger partial charge on any atom is 0.240 e. The highest BCUT2D eigenvalue weighted by atomic mass is 32.2. The van der Waals surface area contributed by atoms with E-state index in [9.17, 15) is 13.5 Å². The molecule has 1 aromatic rings. The second-order valence-electron chi connectivity index (χ2n) is 5.50. The van der Waals surface area contributed by atoms with Crippen LogP contribution in [0.5, 0.6) is 5.75 Å². The van der Waals surface area contributed by atoms with Crippen LogP contribution in [-0.2, 0) is 10.0 Å². The molecule has 1 fully saturated rings. The molecular weight excluding hydrogens is 290 g/mol. The van der Waals surface area contributed by atoms with Crippen LogP contribution in [0.1, 0.15) is 32.1 Å². The van der Waals surface area contributed by atoms with Gasteiger partial charge in [-0.25, -0.2) is 13.1 Å². The first-order valence-electron chi connectivity index (χ1n) is 7.35. The van der Waals surface area contributed by atoms with Gasteiger partial charge in [-0.15, -0.1) is 0 Å². The number of aliphatic hydroxyl groups excluding tert-OH is 1. The molecule has 1 aliphatic rings. The van der Waals surface area contributed by atoms with Gasteiger partial charge in [-0.05, 0) is 30.9 Å². The van der Waals surface area contributed by atoms with E-state index in [-0.39, 0.29) is 17.4 Å². The van der Waals surface area contributed by atoms with Crippen LogP contribution in [0.2, 0.25) is 0 Å². The normalized spacial score (nSPS) is 18.4. The Morgan fingerprint density at radius 3 is 2.71 bits per heavy atom. The Labute approximate surface area is 126 Å². The Bertz CT molecular complexity index is 553. The number of hydrogen-bond donors (Lipinski definition) is 2. The third-order valence-corrected chi connectivity index (χ3v) is 5.45. The summed E-state index contributed by atoms with van der Waals surface area (Å²) in [6, 6.07) is 6.30. The zero-order valence-electron chi connectivity index (χ0n) is 12.3. The summed E-state index contributed by atoms with van der Waals surface area (Å²) >= 11 is 0. The minimum atomic E-state index is -3.62. The van der Waals surface area contributed by atoms with Gasteiger partial charge >= 0.3 is 0 Å². The average Bonchev–Trinajstić information content (AvgIpc) is 2.53. The van der Waals surface area contributed by atoms with Crippen molar-refractivity contribution >= 4 is 10.0 Å². The van der Waals surface area contributed by atoms with E-state index in [0.29, 0.717) is 5.75 Å². The molecule has 5 nitrogen and oxygen atoms in total. The van der Waals surface area contributed by atoms with E-state index in [1.807, 2.05) is 0 Å². The first-order chi connectivity index (χ1) is 10.0. The molecule has 0 unspecified atom stereocenters. The van der Waals surface area contributed by atoms with Gasteiger partial charge in [0, 0.05) is 12.6 Å². The van der Waals surface area contributed by atoms with Crippen molar-refractivity contribution in [3.8, 4) is 5.75 Å². The molecule has 118 valence electrons. The Morgan fingerprint density at radius 1 is 1.33 bits per heavy atom. The van der Waals surface area contributed by atoms with E-state index in [4.69, 9.17) is 4.74 Å². The van der Waals surface area contributed by atoms with Crippen molar-refractivity contribution in [1.29, 1.82) is 0 Å². The van der Waals surface area contributed by atoms with E-state index >= 15 is 0 Å². The lowest BCUT2D eigenvalue weighted by atomic mass is 9.85. The van der Waals surface area contributed by atoms with Gasteiger partial charge in [0.2, 0.25) is 10.0 Å². The van der Waals surface area contributed by atoms with E-state index in [1.165, 1.54) is 25.7 Å². The third kappa shape index (κ3) is 4.43. The van der Waals surface area contributed by atoms with Gasteiger partial charge in [0.1, 0.15) is 5.75 Å². The number of aliphatic hydroxyl groups is 1. The van der Waals surface area contributed by atoms with Crippen LogP contribution in [0.4, 0.5) is 0 Å². The molecule has 0 spiro atoms. The average molecular weight is 313 g/mol. The quantitative estimate of drug-likeness (QED) is 0.841. The topological polar surface area (TPSA) is 75.6 Å². The SMILES string of the molecule is COc1cccc(S(=O)(=O)NC[C@@H](O)C2CCCCC2)c1. The maximum absolute atomic E-state index is 12.2. The number of hydrogen-bond acceptors (Lipinski definition) is 4. The van der Waals surface area contributed by atoms with Crippen molar-refractivity contribution in [2.45, 2.75) is 43.1 Å². The zero-order chi connectivity index (χ0) is 15.3. The zero-order valence-corrected chi connectivity index (χ0v) is 13.1. The monoisotopic (exact) mass is 313 g/mol. The molecule has 1 aliphatic carbocycles. The Balaban J connectivity index is 1.96. The molecule has 2 rings (SSSR count). The lowest BCUT2D eigenvalue weighted by Crippen LogP contribution is -2.37. The van der Waals surface area contributed by atoms with Gasteiger partial charge in [0.05, 0.1) is 18.1 Å². The molecule has 6 heteroatoms. The fourth-order valence-electron chi connectivity index (χ4n) is 2.73. The summed E-state index contributed by atoms with van der Waals surface area (Å²) in [5.74, 6) is 0.692. The van der Waals surface area contributed by atoms with Crippen LogP contribution in [-0.4, -0.2) is 33.3 Å². The van der Waals surface area contributed by atoms with Crippen LogP contribution in [0.25, 0.3) is 0 Å². The molecule has 1 aromatic carbocycles. The van der Waals surface area contributed by atoms with Gasteiger partial charge in [-0.1, -0.05) is 25.3 Å². The summed E-state index contributed by atoms with van der Waals surface area (Å²) in [7, 11) is -2.12. The standard InChI is InChI=1S/C15H23NO4S/c1-20-13-8-5-9-14(10-13)21(18,19)16-11-15(17)12-6-3-2-4-7-12/h5,8-10,12,15-17H,2-4,6-7,11H2,1H3/t15-/m1/s1. The molecule has 21 heavy (non-hydrogen) atoms. The number of sulfonamides is 1. The molecule has 0 aromatic heterocycles. The van der Waals surface area contributed by atoms with E-state index < -0.39 is 16.1 Å². The van der Waals surface area contributed by atoms with Gasteiger partial charge < -0.3 is 9.84 Å². The summed E-state index contributed by atoms with van der Waals surface area (Å²) in [6.45, 7) is 0.0597. The molecular formula is C15H23NO4S. The van der Waals surface area contributed by atoms with E-state index in [2.05, 4.69) is 4.72 Å². The Hall–Kier alpha value is -1.11. The molecule has 0 saturated heterocycles. The van der Waals surface area contributed by atoms with Crippen molar-refractivity contribution in [2.75, 3.05) is 13.7 Å². The van der Waals surface area contributed by atoms with E-state index in [0.717, 1.165) is 25.7 Å². The number of nitrogens with one attached hydrogen (secondary N) is 1. The van der Waals surface area contributed by atoms with Crippen LogP contribution in [0.15, 0.2) is 29.2 Å². The van der Waals surface area contributed by atoms with Crippen LogP contribution < -0.4 is 9.46 Å². The number of benzene rings is 1. The summed E-state index contributed by atoms with van der Waals surface area (Å²) in [5, 5.41) is 10.1. The van der Waals surface area contributed by atoms with Crippen molar-refractivity contribution in [2.24, 2.45) is 5.92 Å². The molecule has 0 amide bonds. The smallest absolute Gasteiger partial charge is 0.240 e. The fraction of sp³-hybridized carbons (Fsp3) is 0.600. The third-order valence-electron chi connectivity index (χ3n) is 4.03. The van der Waals surface area contributed by atoms with Crippen molar-refractivity contribution in [3.63, 3.8) is 0 Å². The van der Waals surface area contributed by atoms with Crippen LogP contribution in [0.3, 0.4) is 0 Å². The minimum Gasteiger partial charge on any atom is -0.497 e. The largest absolute Gasteiger partial charge is 0.497 e. The number of rotatable bonds is 6. The predicted molar refractivity (Wildman–Crippen MR) is 80.8 cm³/mol. The number of ether oxygens (including phenoxy) is 1. The molecule has 1 saturated carbocycles. The summed E-state index contributed by atoms with van der Waals surface area (Å²) in [6.07, 6.45) is 4.77. The second kappa shape index (κ2) is 7.24. The highest BCUT2D eigenvalue weighted by molar-refractivity contribution is 7.89. The lowest BCUT2D eigenvalue weighted by Gasteiger charge is -2.26. The van der Waals surface area contributed by atoms with Gasteiger partial charge in [0.15, 0.2) is 0 Å². The molecule has 0 aliphatic heterocycles. The first kappa shape index (κ1) is 16.3. The Morgan fingerprint density at radius 2 is 2.05 bits per heavy atom. The van der Waals surface area contributed by atoms with Crippen molar-refractivity contribution in [1.82, 2.24) is 4.72 Å². The van der Waals surface area contributed by atoms with Gasteiger partial charge in [0.25, 0.3) is 0 Å². The second-order valence-corrected chi connectivity index (χ2v) is 7.26. The molecule has 0 bridgehead atoms. The summed E-state index contributed by atoms with van der Waals surface area (Å²) in [4.78, 5) is 0.151. The summed E-state index contributed by atoms with van der Waals surface area (Å²) < 4.78 is 31.9. The Kier molecular flexibility index (Phi) is 5.61. The minimum absolute atomic E-state index is 0.0597. The summed E-state index contributed by atoms with van der Waals surface area (Å²) in [5.41, 5.74) is 0. The molecule has 2 N–H and O–H groups in total. The highest BCUT2D eigenvalue weighted by Crippen LogP contribution is 2.26. The molecule has 0 radical (unpaired) electrons. The lowest BCUT2D eigenvalue weighted by molar-refractivity contribution is 0.0888. The fourth-order valence-corrected chi connectivity index (χ4v) is 3.82. The highest BCUT2D eigenvalue weighted by Gasteiger charge is 2.24. The predicted octanol–water partition coefficient (Wildman–Crippen LogP) is 1.91. The van der Waals surface area contributed by atoms with Crippen molar-refractivity contribution < 1.29 is 18.3 Å². The maximum atomic E-state index is 12.2. The number of methoxy groups -OCH3 is 1. The molecule has 1 atom stereocenters. The van der Waals surface area contributed by atoms with Crippen LogP contribution in [0, 0.1) is 5.92 Å².